The molecule has 1 saturated carbocycles. The van der Waals surface area contributed by atoms with Crippen LogP contribution in [0.25, 0.3) is 10.9 Å². The highest BCUT2D eigenvalue weighted by molar-refractivity contribution is 7.85. The number of hydrogen-bond donors (Lipinski definition) is 2. The minimum atomic E-state index is -3.67. The van der Waals surface area contributed by atoms with Crippen LogP contribution in [0.4, 0.5) is 0 Å². The summed E-state index contributed by atoms with van der Waals surface area (Å²) >= 11 is 0. The number of aromatic nitrogens is 1. The summed E-state index contributed by atoms with van der Waals surface area (Å²) in [6.45, 7) is 5.36. The van der Waals surface area contributed by atoms with Gasteiger partial charge in [-0.15, -0.1) is 0 Å². The van der Waals surface area contributed by atoms with Crippen molar-refractivity contribution in [3.8, 4) is 11.5 Å². The van der Waals surface area contributed by atoms with Gasteiger partial charge < -0.3 is 19.1 Å². The molecule has 3 aliphatic carbocycles. The van der Waals surface area contributed by atoms with E-state index in [0.717, 1.165) is 56.3 Å². The topological polar surface area (TPSA) is 101 Å². The Balaban J connectivity index is 0.000000490. The molecule has 0 radical (unpaired) electrons. The number of methoxy groups -OCH3 is 1. The molecule has 9 heteroatoms. The van der Waals surface area contributed by atoms with Crippen LogP contribution in [0, 0.1) is 5.92 Å². The number of benzene rings is 2. The number of hydrogen-bond acceptors (Lipinski definition) is 6. The Morgan fingerprint density at radius 1 is 1.18 bits per heavy atom. The van der Waals surface area contributed by atoms with Gasteiger partial charge in [0.25, 0.3) is 10.1 Å². The maximum Gasteiger partial charge on any atom is 0.261 e. The SMILES string of the molecule is CCCn1c2c(c3ccccc31)C[C@@]1(O)[C@@H]3Cc4ccc(OC)c5c4[C@@]1(CCN3CC1CC1)[C@H]2O5.CS(=O)(=O)O. The van der Waals surface area contributed by atoms with Crippen molar-refractivity contribution >= 4 is 21.0 Å². The summed E-state index contributed by atoms with van der Waals surface area (Å²) in [6.07, 6.45) is 6.78. The molecule has 2 aliphatic heterocycles. The number of piperidine rings is 1. The zero-order valence-electron chi connectivity index (χ0n) is 23.4. The van der Waals surface area contributed by atoms with Crippen molar-refractivity contribution < 1.29 is 27.6 Å². The van der Waals surface area contributed by atoms with Crippen LogP contribution >= 0.6 is 0 Å². The highest BCUT2D eigenvalue weighted by atomic mass is 32.2. The van der Waals surface area contributed by atoms with Gasteiger partial charge in [-0.25, -0.2) is 0 Å². The first kappa shape index (κ1) is 26.3. The highest BCUT2D eigenvalue weighted by Gasteiger charge is 2.73. The first-order valence-corrected chi connectivity index (χ1v) is 16.3. The van der Waals surface area contributed by atoms with Crippen molar-refractivity contribution in [2.24, 2.45) is 5.92 Å². The molecular formula is C31H38N2O6S. The average molecular weight is 567 g/mol. The molecule has 2 fully saturated rings. The molecule has 2 aromatic carbocycles. The quantitative estimate of drug-likeness (QED) is 0.445. The summed E-state index contributed by atoms with van der Waals surface area (Å²) in [7, 11) is -1.93. The van der Waals surface area contributed by atoms with Crippen LogP contribution in [0.15, 0.2) is 36.4 Å². The third kappa shape index (κ3) is 3.63. The maximum atomic E-state index is 13.1. The normalized spacial score (nSPS) is 29.7. The largest absolute Gasteiger partial charge is 0.493 e. The van der Waals surface area contributed by atoms with E-state index in [-0.39, 0.29) is 12.1 Å². The molecule has 40 heavy (non-hydrogen) atoms. The number of nitrogens with zero attached hydrogens (tertiary/aromatic N) is 2. The van der Waals surface area contributed by atoms with Crippen LogP contribution in [0.3, 0.4) is 0 Å². The molecule has 0 unspecified atom stereocenters. The molecule has 1 saturated heterocycles. The molecule has 2 N–H and O–H groups in total. The van der Waals surface area contributed by atoms with Crippen molar-refractivity contribution in [1.82, 2.24) is 9.47 Å². The van der Waals surface area contributed by atoms with Crippen molar-refractivity contribution in [2.45, 2.75) is 75.2 Å². The van der Waals surface area contributed by atoms with Crippen LogP contribution in [0.5, 0.6) is 11.5 Å². The van der Waals surface area contributed by atoms with E-state index in [9.17, 15) is 13.5 Å². The molecule has 1 spiro atoms. The fourth-order valence-electron chi connectivity index (χ4n) is 8.42. The maximum absolute atomic E-state index is 13.1. The predicted octanol–water partition coefficient (Wildman–Crippen LogP) is 4.26. The number of rotatable bonds is 5. The molecular weight excluding hydrogens is 528 g/mol. The second-order valence-corrected chi connectivity index (χ2v) is 13.8. The lowest BCUT2D eigenvalue weighted by Crippen LogP contribution is -2.74. The molecule has 214 valence electrons. The van der Waals surface area contributed by atoms with Crippen molar-refractivity contribution in [2.75, 3.05) is 26.5 Å². The molecule has 0 amide bonds. The van der Waals surface area contributed by atoms with E-state index in [0.29, 0.717) is 12.7 Å². The van der Waals surface area contributed by atoms with Gasteiger partial charge in [0.05, 0.1) is 30.1 Å². The van der Waals surface area contributed by atoms with E-state index < -0.39 is 21.1 Å². The monoisotopic (exact) mass is 566 g/mol. The van der Waals surface area contributed by atoms with Gasteiger partial charge in [0.2, 0.25) is 0 Å². The van der Waals surface area contributed by atoms with E-state index in [2.05, 4.69) is 52.8 Å². The zero-order valence-corrected chi connectivity index (χ0v) is 24.2. The summed E-state index contributed by atoms with van der Waals surface area (Å²) in [5, 5.41) is 14.3. The molecule has 1 aromatic heterocycles. The molecule has 4 atom stereocenters. The van der Waals surface area contributed by atoms with E-state index in [1.54, 1.807) is 7.11 Å². The van der Waals surface area contributed by atoms with Crippen LogP contribution in [-0.4, -0.2) is 65.6 Å². The van der Waals surface area contributed by atoms with Gasteiger partial charge in [-0.1, -0.05) is 31.2 Å². The average Bonchev–Trinajstić information content (AvgIpc) is 3.58. The zero-order chi connectivity index (χ0) is 28.0. The lowest BCUT2D eigenvalue weighted by Gasteiger charge is -2.63. The Hall–Kier alpha value is -2.59. The van der Waals surface area contributed by atoms with Crippen molar-refractivity contribution in [1.29, 1.82) is 0 Å². The summed E-state index contributed by atoms with van der Waals surface area (Å²) in [4.78, 5) is 2.64. The third-order valence-corrected chi connectivity index (χ3v) is 9.98. The number of para-hydroxylation sites is 1. The standard InChI is InChI=1S/C30H34N2O3.CH4O3S/c1-3-13-32-22-7-5-4-6-20(22)21-16-30(33)24-15-19-10-11-23(34-2)27-25(19)29(30,28(35-27)26(21)32)12-14-31(24)17-18-8-9-18;1-5(2,3)4/h4-7,10-11,18,24,28,33H,3,8-9,12-17H2,1-2H3;1H3,(H,2,3,4)/t24-,28-,29-,30+;/m0./s1. The van der Waals surface area contributed by atoms with Gasteiger partial charge in [-0.3, -0.25) is 9.45 Å². The summed E-state index contributed by atoms with van der Waals surface area (Å²) in [5.41, 5.74) is 5.16. The fraction of sp³-hybridized carbons (Fsp3) is 0.548. The molecule has 5 aliphatic rings. The van der Waals surface area contributed by atoms with E-state index >= 15 is 0 Å². The Bertz CT molecular complexity index is 1600. The lowest BCUT2D eigenvalue weighted by atomic mass is 9.49. The number of aryl methyl sites for hydroxylation is 1. The van der Waals surface area contributed by atoms with Gasteiger partial charge in [0.1, 0.15) is 0 Å². The van der Waals surface area contributed by atoms with Gasteiger partial charge in [-0.2, -0.15) is 8.42 Å². The second kappa shape index (κ2) is 8.95. The van der Waals surface area contributed by atoms with Gasteiger partial charge in [0, 0.05) is 42.0 Å². The number of fused-ring (bicyclic) bond motifs is 4. The molecule has 3 heterocycles. The van der Waals surface area contributed by atoms with Crippen molar-refractivity contribution in [3.05, 3.63) is 58.8 Å². The Labute approximate surface area is 235 Å². The Morgan fingerprint density at radius 2 is 1.93 bits per heavy atom. The molecule has 2 bridgehead atoms. The first-order valence-electron chi connectivity index (χ1n) is 14.5. The van der Waals surface area contributed by atoms with Crippen molar-refractivity contribution in [3.63, 3.8) is 0 Å². The van der Waals surface area contributed by atoms with Gasteiger partial charge >= 0.3 is 0 Å². The molecule has 8 rings (SSSR count). The molecule has 3 aromatic rings. The second-order valence-electron chi connectivity index (χ2n) is 12.4. The summed E-state index contributed by atoms with van der Waals surface area (Å²) in [5.74, 6) is 2.49. The van der Waals surface area contributed by atoms with Gasteiger partial charge in [-0.05, 0) is 67.8 Å². The number of likely N-dealkylation sites (tertiary alicyclic amines) is 1. The lowest BCUT2D eigenvalue weighted by molar-refractivity contribution is -0.173. The minimum absolute atomic E-state index is 0.122. The fourth-order valence-corrected chi connectivity index (χ4v) is 8.42. The first-order chi connectivity index (χ1) is 19.1. The summed E-state index contributed by atoms with van der Waals surface area (Å²) in [6, 6.07) is 13.2. The van der Waals surface area contributed by atoms with E-state index in [4.69, 9.17) is 14.0 Å². The summed E-state index contributed by atoms with van der Waals surface area (Å²) < 4.78 is 41.2. The predicted molar refractivity (Wildman–Crippen MR) is 153 cm³/mol. The van der Waals surface area contributed by atoms with E-state index in [1.807, 2.05) is 0 Å². The Morgan fingerprint density at radius 3 is 2.62 bits per heavy atom. The van der Waals surface area contributed by atoms with Crippen LogP contribution < -0.4 is 9.47 Å². The Kier molecular flexibility index (Phi) is 5.89. The minimum Gasteiger partial charge on any atom is -0.493 e. The van der Waals surface area contributed by atoms with E-state index in [1.165, 1.54) is 46.1 Å². The number of aliphatic hydroxyl groups is 1. The highest BCUT2D eigenvalue weighted by Crippen LogP contribution is 2.69. The number of ether oxygens (including phenoxy) is 2. The van der Waals surface area contributed by atoms with Gasteiger partial charge in [0.15, 0.2) is 17.6 Å². The molecule has 8 nitrogen and oxygen atoms in total. The smallest absolute Gasteiger partial charge is 0.261 e. The van der Waals surface area contributed by atoms with Crippen LogP contribution in [-0.2, 0) is 34.9 Å². The van der Waals surface area contributed by atoms with Crippen LogP contribution in [0.1, 0.15) is 61.1 Å². The third-order valence-electron chi connectivity index (χ3n) is 9.98. The van der Waals surface area contributed by atoms with Crippen LogP contribution in [0.2, 0.25) is 0 Å².